The third-order valence-corrected chi connectivity index (χ3v) is 5.59. The van der Waals surface area contributed by atoms with Crippen molar-refractivity contribution >= 4 is 0 Å². The van der Waals surface area contributed by atoms with E-state index in [4.69, 9.17) is 5.73 Å². The Morgan fingerprint density at radius 2 is 1.95 bits per heavy atom. The minimum Gasteiger partial charge on any atom is -0.330 e. The predicted octanol–water partition coefficient (Wildman–Crippen LogP) is 3.65. The molecule has 0 spiro atoms. The molecular formula is C17H34N2. The maximum Gasteiger partial charge on any atom is 0.0131 e. The van der Waals surface area contributed by atoms with Crippen LogP contribution in [0.5, 0.6) is 0 Å². The highest BCUT2D eigenvalue weighted by molar-refractivity contribution is 4.91. The lowest BCUT2D eigenvalue weighted by atomic mass is 9.72. The molecule has 2 fully saturated rings. The molecule has 2 heteroatoms. The van der Waals surface area contributed by atoms with Crippen molar-refractivity contribution in [1.82, 2.24) is 4.90 Å². The largest absolute Gasteiger partial charge is 0.330 e. The van der Waals surface area contributed by atoms with Gasteiger partial charge in [0, 0.05) is 12.1 Å². The molecular weight excluding hydrogens is 232 g/mol. The SMILES string of the molecule is CC1CCC(C(C)C)C(N2CCCCC2CCN)C1. The Morgan fingerprint density at radius 1 is 1.16 bits per heavy atom. The van der Waals surface area contributed by atoms with Crippen LogP contribution in [0.15, 0.2) is 0 Å². The fraction of sp³-hybridized carbons (Fsp3) is 1.00. The summed E-state index contributed by atoms with van der Waals surface area (Å²) in [5.74, 6) is 2.66. The van der Waals surface area contributed by atoms with Crippen molar-refractivity contribution in [1.29, 1.82) is 0 Å². The molecule has 1 heterocycles. The van der Waals surface area contributed by atoms with Gasteiger partial charge in [0.25, 0.3) is 0 Å². The lowest BCUT2D eigenvalue weighted by Gasteiger charge is -2.49. The lowest BCUT2D eigenvalue weighted by molar-refractivity contribution is 0.00831. The van der Waals surface area contributed by atoms with Crippen molar-refractivity contribution in [2.75, 3.05) is 13.1 Å². The van der Waals surface area contributed by atoms with Crippen molar-refractivity contribution in [3.05, 3.63) is 0 Å². The number of hydrogen-bond donors (Lipinski definition) is 1. The third-order valence-electron chi connectivity index (χ3n) is 5.59. The van der Waals surface area contributed by atoms with E-state index in [0.717, 1.165) is 36.4 Å². The topological polar surface area (TPSA) is 29.3 Å². The van der Waals surface area contributed by atoms with Gasteiger partial charge in [-0.05, 0) is 62.9 Å². The van der Waals surface area contributed by atoms with Crippen LogP contribution in [-0.4, -0.2) is 30.1 Å². The first kappa shape index (κ1) is 15.3. The van der Waals surface area contributed by atoms with Crippen molar-refractivity contribution in [2.24, 2.45) is 23.5 Å². The van der Waals surface area contributed by atoms with Gasteiger partial charge >= 0.3 is 0 Å². The molecule has 0 bridgehead atoms. The monoisotopic (exact) mass is 266 g/mol. The van der Waals surface area contributed by atoms with Gasteiger partial charge in [-0.15, -0.1) is 0 Å². The quantitative estimate of drug-likeness (QED) is 0.841. The first-order valence-corrected chi connectivity index (χ1v) is 8.59. The van der Waals surface area contributed by atoms with Crippen LogP contribution in [0.3, 0.4) is 0 Å². The van der Waals surface area contributed by atoms with E-state index in [1.165, 1.54) is 51.5 Å². The Balaban J connectivity index is 2.09. The van der Waals surface area contributed by atoms with E-state index >= 15 is 0 Å². The number of nitrogens with two attached hydrogens (primary N) is 1. The van der Waals surface area contributed by atoms with Crippen LogP contribution in [-0.2, 0) is 0 Å². The van der Waals surface area contributed by atoms with Crippen molar-refractivity contribution in [3.8, 4) is 0 Å². The van der Waals surface area contributed by atoms with Crippen molar-refractivity contribution in [2.45, 2.75) is 77.8 Å². The zero-order valence-electron chi connectivity index (χ0n) is 13.3. The van der Waals surface area contributed by atoms with Crippen LogP contribution in [0.1, 0.15) is 65.7 Å². The highest BCUT2D eigenvalue weighted by Gasteiger charge is 2.37. The van der Waals surface area contributed by atoms with Crippen LogP contribution in [0, 0.1) is 17.8 Å². The molecule has 2 aliphatic rings. The molecule has 1 aliphatic heterocycles. The maximum absolute atomic E-state index is 5.85. The minimum absolute atomic E-state index is 0.773. The number of piperidine rings is 1. The molecule has 4 atom stereocenters. The van der Waals surface area contributed by atoms with Gasteiger partial charge < -0.3 is 5.73 Å². The molecule has 1 saturated carbocycles. The molecule has 0 aromatic carbocycles. The second-order valence-electron chi connectivity index (χ2n) is 7.36. The lowest BCUT2D eigenvalue weighted by Crippen LogP contribution is -2.52. The Morgan fingerprint density at radius 3 is 2.63 bits per heavy atom. The fourth-order valence-corrected chi connectivity index (χ4v) is 4.50. The predicted molar refractivity (Wildman–Crippen MR) is 83.1 cm³/mol. The normalized spacial score (nSPS) is 37.7. The van der Waals surface area contributed by atoms with Crippen LogP contribution >= 0.6 is 0 Å². The standard InChI is InChI=1S/C17H34N2/c1-13(2)16-8-7-14(3)12-17(16)19-11-5-4-6-15(19)9-10-18/h13-17H,4-12,18H2,1-3H3. The van der Waals surface area contributed by atoms with E-state index in [1.807, 2.05) is 0 Å². The van der Waals surface area contributed by atoms with E-state index in [-0.39, 0.29) is 0 Å². The molecule has 1 aliphatic carbocycles. The molecule has 0 radical (unpaired) electrons. The van der Waals surface area contributed by atoms with Gasteiger partial charge in [0.15, 0.2) is 0 Å². The second kappa shape index (κ2) is 7.08. The maximum atomic E-state index is 5.85. The first-order valence-electron chi connectivity index (χ1n) is 8.59. The van der Waals surface area contributed by atoms with Gasteiger partial charge in [0.2, 0.25) is 0 Å². The number of likely N-dealkylation sites (tertiary alicyclic amines) is 1. The van der Waals surface area contributed by atoms with Gasteiger partial charge in [0.05, 0.1) is 0 Å². The number of rotatable bonds is 4. The second-order valence-corrected chi connectivity index (χ2v) is 7.36. The summed E-state index contributed by atoms with van der Waals surface area (Å²) in [5, 5.41) is 0. The Hall–Kier alpha value is -0.0800. The molecule has 0 aromatic rings. The third kappa shape index (κ3) is 3.72. The molecule has 112 valence electrons. The smallest absolute Gasteiger partial charge is 0.0131 e. The minimum atomic E-state index is 0.773. The summed E-state index contributed by atoms with van der Waals surface area (Å²) in [5.41, 5.74) is 5.85. The van der Waals surface area contributed by atoms with Crippen LogP contribution < -0.4 is 5.73 Å². The van der Waals surface area contributed by atoms with Gasteiger partial charge in [-0.3, -0.25) is 4.90 Å². The highest BCUT2D eigenvalue weighted by Crippen LogP contribution is 2.39. The van der Waals surface area contributed by atoms with Gasteiger partial charge in [-0.25, -0.2) is 0 Å². The zero-order chi connectivity index (χ0) is 13.8. The number of nitrogens with zero attached hydrogens (tertiary/aromatic N) is 1. The molecule has 0 aromatic heterocycles. The van der Waals surface area contributed by atoms with E-state index in [2.05, 4.69) is 25.7 Å². The number of hydrogen-bond acceptors (Lipinski definition) is 2. The summed E-state index contributed by atoms with van der Waals surface area (Å²) in [4.78, 5) is 2.87. The highest BCUT2D eigenvalue weighted by atomic mass is 15.2. The summed E-state index contributed by atoms with van der Waals surface area (Å²) in [6.45, 7) is 9.48. The fourth-order valence-electron chi connectivity index (χ4n) is 4.50. The van der Waals surface area contributed by atoms with E-state index in [0.29, 0.717) is 0 Å². The summed E-state index contributed by atoms with van der Waals surface area (Å²) in [7, 11) is 0. The zero-order valence-corrected chi connectivity index (χ0v) is 13.3. The molecule has 4 unspecified atom stereocenters. The molecule has 2 rings (SSSR count). The van der Waals surface area contributed by atoms with Gasteiger partial charge in [-0.1, -0.05) is 33.6 Å². The van der Waals surface area contributed by atoms with Crippen molar-refractivity contribution in [3.63, 3.8) is 0 Å². The van der Waals surface area contributed by atoms with Gasteiger partial charge in [0.1, 0.15) is 0 Å². The average molecular weight is 266 g/mol. The Labute approximate surface area is 120 Å². The summed E-state index contributed by atoms with van der Waals surface area (Å²) < 4.78 is 0. The summed E-state index contributed by atoms with van der Waals surface area (Å²) in [6, 6.07) is 1.61. The molecule has 19 heavy (non-hydrogen) atoms. The van der Waals surface area contributed by atoms with E-state index in [1.54, 1.807) is 0 Å². The first-order chi connectivity index (χ1) is 9.13. The average Bonchev–Trinajstić information content (AvgIpc) is 2.39. The van der Waals surface area contributed by atoms with Crippen LogP contribution in [0.2, 0.25) is 0 Å². The van der Waals surface area contributed by atoms with E-state index < -0.39 is 0 Å². The summed E-state index contributed by atoms with van der Waals surface area (Å²) >= 11 is 0. The van der Waals surface area contributed by atoms with Crippen LogP contribution in [0.25, 0.3) is 0 Å². The van der Waals surface area contributed by atoms with E-state index in [9.17, 15) is 0 Å². The Bertz CT molecular complexity index is 262. The Kier molecular flexibility index (Phi) is 5.70. The molecule has 1 saturated heterocycles. The van der Waals surface area contributed by atoms with Crippen molar-refractivity contribution < 1.29 is 0 Å². The van der Waals surface area contributed by atoms with Crippen LogP contribution in [0.4, 0.5) is 0 Å². The molecule has 0 amide bonds. The molecule has 2 nitrogen and oxygen atoms in total. The van der Waals surface area contributed by atoms with Gasteiger partial charge in [-0.2, -0.15) is 0 Å². The summed E-state index contributed by atoms with van der Waals surface area (Å²) in [6.07, 6.45) is 9.70. The molecule has 2 N–H and O–H groups in total.